The number of carbonyl (C=O) groups is 2. The van der Waals surface area contributed by atoms with Gasteiger partial charge in [0.1, 0.15) is 5.75 Å². The maximum atomic E-state index is 14.7. The highest BCUT2D eigenvalue weighted by Gasteiger charge is 2.69. The van der Waals surface area contributed by atoms with Gasteiger partial charge in [0.25, 0.3) is 0 Å². The van der Waals surface area contributed by atoms with E-state index in [9.17, 15) is 20.1 Å². The molecule has 0 heterocycles. The van der Waals surface area contributed by atoms with Crippen molar-refractivity contribution in [1.29, 1.82) is 10.5 Å². The molecule has 0 radical (unpaired) electrons. The number of amides is 1. The molecule has 6 rings (SSSR count). The van der Waals surface area contributed by atoms with Gasteiger partial charge in [-0.25, -0.2) is 0 Å². The molecule has 0 aromatic heterocycles. The second-order valence-corrected chi connectivity index (χ2v) is 16.6. The Balaban J connectivity index is 1.40. The number of nitrogens with one attached hydrogen (secondary N) is 1. The van der Waals surface area contributed by atoms with Crippen LogP contribution < -0.4 is 10.1 Å². The minimum Gasteiger partial charge on any atom is -0.497 e. The van der Waals surface area contributed by atoms with E-state index < -0.39 is 11.0 Å². The largest absolute Gasteiger partial charge is 0.497 e. The molecule has 0 saturated heterocycles. The number of nitriles is 2. The first-order valence-corrected chi connectivity index (χ1v) is 17.3. The Labute approximate surface area is 280 Å². The monoisotopic (exact) mass is 631 g/mol. The first kappa shape index (κ1) is 33.0. The zero-order chi connectivity index (χ0) is 34.2. The van der Waals surface area contributed by atoms with Gasteiger partial charge in [-0.1, -0.05) is 59.8 Å². The molecule has 1 aromatic rings. The van der Waals surface area contributed by atoms with E-state index in [1.165, 1.54) is 11.6 Å². The van der Waals surface area contributed by atoms with Crippen molar-refractivity contribution >= 4 is 17.3 Å². The van der Waals surface area contributed by atoms with E-state index in [1.54, 1.807) is 31.4 Å². The van der Waals surface area contributed by atoms with E-state index >= 15 is 0 Å². The molecule has 47 heavy (non-hydrogen) atoms. The minimum atomic E-state index is -0.531. The first-order valence-electron chi connectivity index (χ1n) is 17.3. The SMILES string of the molecule is C=C1C(C#N)=CC2(C)C3=CC(=O)C4C5CC(C)(C)CCC5(NC(=O)/C=C(\C#N)c5ccc(OC)cc5)CC[C@@]4(C)C3(C)CCC2C1C. The van der Waals surface area contributed by atoms with Gasteiger partial charge in [-0.15, -0.1) is 0 Å². The van der Waals surface area contributed by atoms with Crippen LogP contribution in [0.3, 0.4) is 0 Å². The lowest BCUT2D eigenvalue weighted by atomic mass is 9.35. The third-order valence-corrected chi connectivity index (χ3v) is 13.9. The number of nitrogens with zero attached hydrogens (tertiary/aromatic N) is 2. The summed E-state index contributed by atoms with van der Waals surface area (Å²) < 4.78 is 5.26. The van der Waals surface area contributed by atoms with Gasteiger partial charge in [0.15, 0.2) is 5.78 Å². The predicted octanol–water partition coefficient (Wildman–Crippen LogP) is 8.29. The zero-order valence-electron chi connectivity index (χ0n) is 29.1. The molecule has 8 atom stereocenters. The fourth-order valence-electron chi connectivity index (χ4n) is 10.9. The number of ketones is 1. The molecule has 3 saturated carbocycles. The Morgan fingerprint density at radius 3 is 2.34 bits per heavy atom. The van der Waals surface area contributed by atoms with Gasteiger partial charge in [0, 0.05) is 22.9 Å². The van der Waals surface area contributed by atoms with E-state index in [0.29, 0.717) is 28.4 Å². The van der Waals surface area contributed by atoms with E-state index in [0.717, 1.165) is 50.5 Å². The summed E-state index contributed by atoms with van der Waals surface area (Å²) >= 11 is 0. The van der Waals surface area contributed by atoms with Crippen LogP contribution in [0.1, 0.15) is 92.1 Å². The molecule has 5 aliphatic rings. The van der Waals surface area contributed by atoms with E-state index in [4.69, 9.17) is 4.74 Å². The second kappa shape index (κ2) is 11.1. The summed E-state index contributed by atoms with van der Waals surface area (Å²) in [5.74, 6) is 0.763. The average molecular weight is 632 g/mol. The fourth-order valence-corrected chi connectivity index (χ4v) is 10.9. The fraction of sp³-hybridized carbons (Fsp3) is 0.561. The van der Waals surface area contributed by atoms with E-state index in [1.807, 2.05) is 6.08 Å². The molecule has 7 unspecified atom stereocenters. The van der Waals surface area contributed by atoms with Crippen molar-refractivity contribution in [2.24, 2.45) is 45.3 Å². The predicted molar refractivity (Wildman–Crippen MR) is 183 cm³/mol. The topological polar surface area (TPSA) is 103 Å². The molecule has 0 bridgehead atoms. The highest BCUT2D eigenvalue weighted by molar-refractivity contribution is 5.99. The summed E-state index contributed by atoms with van der Waals surface area (Å²) in [6, 6.07) is 11.8. The van der Waals surface area contributed by atoms with Crippen LogP contribution in [-0.2, 0) is 9.59 Å². The number of allylic oxidation sites excluding steroid dienone is 6. The molecule has 1 amide bonds. The Bertz CT molecular complexity index is 1720. The summed E-state index contributed by atoms with van der Waals surface area (Å²) in [5, 5.41) is 23.5. The minimum absolute atomic E-state index is 0.0307. The van der Waals surface area contributed by atoms with Gasteiger partial charge in [-0.2, -0.15) is 10.5 Å². The van der Waals surface area contributed by atoms with Crippen molar-refractivity contribution < 1.29 is 14.3 Å². The number of benzene rings is 1. The lowest BCUT2D eigenvalue weighted by Gasteiger charge is -2.69. The summed E-state index contributed by atoms with van der Waals surface area (Å²) in [4.78, 5) is 28.6. The van der Waals surface area contributed by atoms with Crippen molar-refractivity contribution in [2.75, 3.05) is 7.11 Å². The number of hydrogen-bond donors (Lipinski definition) is 1. The molecule has 3 fully saturated rings. The van der Waals surface area contributed by atoms with Crippen LogP contribution in [0.2, 0.25) is 0 Å². The summed E-state index contributed by atoms with van der Waals surface area (Å²) in [5.41, 5.74) is 2.28. The Hall–Kier alpha value is -3.90. The zero-order valence-corrected chi connectivity index (χ0v) is 29.1. The molecule has 1 aromatic carbocycles. The van der Waals surface area contributed by atoms with Crippen LogP contribution in [0.4, 0.5) is 0 Å². The Kier molecular flexibility index (Phi) is 7.79. The molecule has 5 aliphatic carbocycles. The van der Waals surface area contributed by atoms with E-state index in [-0.39, 0.29) is 45.7 Å². The first-order chi connectivity index (χ1) is 22.1. The van der Waals surface area contributed by atoms with Crippen molar-refractivity contribution in [3.8, 4) is 17.9 Å². The number of ether oxygens (including phenoxy) is 1. The maximum Gasteiger partial charge on any atom is 0.245 e. The molecule has 6 heteroatoms. The standard InChI is InChI=1S/C41H49N3O3/c1-25-26(2)31-13-14-39(6)34(38(31,5)21-29(25)24-43)20-33(45)36-32-22-37(3,4)15-17-41(32,18-16-40(36,39)7)44-35(46)19-28(23-42)27-9-11-30(47-8)12-10-27/h9-12,19-21,26,31-32,36H,1,13-18,22H2,2-8H3,(H,44,46)/b28-19+/t26?,31?,32?,36?,38?,39?,40-,41?/m1/s1. The molecule has 246 valence electrons. The molecule has 0 aliphatic heterocycles. The number of carbonyl (C=O) groups excluding carboxylic acids is 2. The normalized spacial score (nSPS) is 39.0. The van der Waals surface area contributed by atoms with Crippen LogP contribution in [0.25, 0.3) is 5.57 Å². The molecule has 1 N–H and O–H groups in total. The quantitative estimate of drug-likeness (QED) is 0.266. The molecule has 0 spiro atoms. The third-order valence-electron chi connectivity index (χ3n) is 13.9. The van der Waals surface area contributed by atoms with Crippen molar-refractivity contribution in [3.63, 3.8) is 0 Å². The van der Waals surface area contributed by atoms with Crippen LogP contribution in [0.15, 0.2) is 65.8 Å². The molecule has 6 nitrogen and oxygen atoms in total. The van der Waals surface area contributed by atoms with Crippen molar-refractivity contribution in [2.45, 2.75) is 92.0 Å². The van der Waals surface area contributed by atoms with E-state index in [2.05, 4.69) is 71.7 Å². The average Bonchev–Trinajstić information content (AvgIpc) is 3.03. The molecular weight excluding hydrogens is 582 g/mol. The second-order valence-electron chi connectivity index (χ2n) is 16.6. The van der Waals surface area contributed by atoms with Crippen LogP contribution in [0, 0.1) is 68.0 Å². The Morgan fingerprint density at radius 2 is 1.70 bits per heavy atom. The summed E-state index contributed by atoms with van der Waals surface area (Å²) in [7, 11) is 1.59. The van der Waals surface area contributed by atoms with Crippen molar-refractivity contribution in [3.05, 3.63) is 71.4 Å². The maximum absolute atomic E-state index is 14.7. The smallest absolute Gasteiger partial charge is 0.245 e. The number of fused-ring (bicyclic) bond motifs is 7. The van der Waals surface area contributed by atoms with Gasteiger partial charge in [-0.3, -0.25) is 9.59 Å². The number of methoxy groups -OCH3 is 1. The highest BCUT2D eigenvalue weighted by Crippen LogP contribution is 2.72. The number of rotatable bonds is 4. The lowest BCUT2D eigenvalue weighted by Crippen LogP contribution is -2.69. The number of hydrogen-bond acceptors (Lipinski definition) is 5. The summed E-state index contributed by atoms with van der Waals surface area (Å²) in [6.45, 7) is 18.0. The molecular formula is C41H49N3O3. The van der Waals surface area contributed by atoms with Gasteiger partial charge in [0.05, 0.1) is 30.4 Å². The van der Waals surface area contributed by atoms with Gasteiger partial charge in [-0.05, 0) is 120 Å². The van der Waals surface area contributed by atoms with Crippen LogP contribution >= 0.6 is 0 Å². The van der Waals surface area contributed by atoms with Gasteiger partial charge in [0.2, 0.25) is 5.91 Å². The van der Waals surface area contributed by atoms with Gasteiger partial charge >= 0.3 is 0 Å². The van der Waals surface area contributed by atoms with Crippen LogP contribution in [-0.4, -0.2) is 24.3 Å². The van der Waals surface area contributed by atoms with Crippen molar-refractivity contribution in [1.82, 2.24) is 5.32 Å². The van der Waals surface area contributed by atoms with Crippen LogP contribution in [0.5, 0.6) is 5.75 Å². The summed E-state index contributed by atoms with van der Waals surface area (Å²) in [6.07, 6.45) is 11.7. The Morgan fingerprint density at radius 1 is 1.02 bits per heavy atom. The van der Waals surface area contributed by atoms with Gasteiger partial charge < -0.3 is 10.1 Å². The third kappa shape index (κ3) is 4.85. The lowest BCUT2D eigenvalue weighted by molar-refractivity contribution is -0.161. The highest BCUT2D eigenvalue weighted by atomic mass is 16.5.